The molecule has 0 heterocycles. The Morgan fingerprint density at radius 1 is 1.50 bits per heavy atom. The van der Waals surface area contributed by atoms with Gasteiger partial charge >= 0.3 is 6.18 Å². The minimum absolute atomic E-state index is 0.134. The van der Waals surface area contributed by atoms with Crippen molar-refractivity contribution in [3.63, 3.8) is 0 Å². The number of nitrogens with two attached hydrogens (primary N) is 1. The summed E-state index contributed by atoms with van der Waals surface area (Å²) in [4.78, 5) is 10.4. The number of carbonyl (C=O) groups is 1. The molecule has 0 aromatic carbocycles. The Morgan fingerprint density at radius 2 is 2.06 bits per heavy atom. The second kappa shape index (κ2) is 5.99. The maximum absolute atomic E-state index is 11.8. The molecule has 0 bridgehead atoms. The van der Waals surface area contributed by atoms with E-state index in [0.29, 0.717) is 11.9 Å². The Bertz CT molecular complexity index is 329. The van der Waals surface area contributed by atoms with Crippen LogP contribution in [0.4, 0.5) is 13.2 Å². The zero-order valence-corrected chi connectivity index (χ0v) is 8.67. The van der Waals surface area contributed by atoms with Gasteiger partial charge in [0, 0.05) is 11.8 Å². The lowest BCUT2D eigenvalue weighted by molar-refractivity contribution is -0.164. The van der Waals surface area contributed by atoms with Gasteiger partial charge in [-0.3, -0.25) is 4.79 Å². The summed E-state index contributed by atoms with van der Waals surface area (Å²) in [5.74, 6) is -0.154. The lowest BCUT2D eigenvalue weighted by Crippen LogP contribution is -2.16. The molecule has 0 atom stereocenters. The van der Waals surface area contributed by atoms with E-state index in [1.165, 1.54) is 13.0 Å². The number of halogens is 3. The summed E-state index contributed by atoms with van der Waals surface area (Å²) in [6.45, 7) is 3.35. The fourth-order valence-electron chi connectivity index (χ4n) is 0.735. The van der Waals surface area contributed by atoms with E-state index in [9.17, 15) is 18.0 Å². The van der Waals surface area contributed by atoms with Crippen LogP contribution in [0, 0.1) is 0 Å². The van der Waals surface area contributed by atoms with Gasteiger partial charge in [0.1, 0.15) is 5.76 Å². The predicted octanol–water partition coefficient (Wildman–Crippen LogP) is 2.07. The molecule has 0 amide bonds. The first-order valence-corrected chi connectivity index (χ1v) is 4.24. The Balaban J connectivity index is 4.45. The lowest BCUT2D eigenvalue weighted by Gasteiger charge is -2.11. The van der Waals surface area contributed by atoms with Crippen LogP contribution in [0.25, 0.3) is 0 Å². The van der Waals surface area contributed by atoms with Crippen LogP contribution in [0.15, 0.2) is 35.8 Å². The van der Waals surface area contributed by atoms with E-state index in [1.807, 2.05) is 0 Å². The van der Waals surface area contributed by atoms with Crippen LogP contribution in [-0.4, -0.2) is 19.1 Å². The predicted molar refractivity (Wildman–Crippen MR) is 53.2 cm³/mol. The van der Waals surface area contributed by atoms with Crippen molar-refractivity contribution in [1.82, 2.24) is 0 Å². The van der Waals surface area contributed by atoms with Gasteiger partial charge in [0.05, 0.1) is 0 Å². The fourth-order valence-corrected chi connectivity index (χ4v) is 0.735. The molecule has 2 N–H and O–H groups in total. The number of hydrogen-bond acceptors (Lipinski definition) is 3. The second-order valence-electron chi connectivity index (χ2n) is 2.94. The molecule has 0 aromatic heterocycles. The number of allylic oxidation sites excluding steroid dienone is 3. The highest BCUT2D eigenvalue weighted by atomic mass is 19.4. The standard InChI is InChI=1S/C10H12F3NO2/c1-7(3-9(4-14)5-15)8(2)16-6-10(11,12)13/h3-5H,2,6,14H2,1H3/b7-3-,9-4+. The van der Waals surface area contributed by atoms with Crippen LogP contribution in [0.1, 0.15) is 6.92 Å². The minimum atomic E-state index is -4.42. The molecule has 0 aliphatic rings. The summed E-state index contributed by atoms with van der Waals surface area (Å²) in [6.07, 6.45) is -1.62. The molecule has 3 nitrogen and oxygen atoms in total. The first-order chi connectivity index (χ1) is 7.30. The van der Waals surface area contributed by atoms with E-state index in [-0.39, 0.29) is 11.3 Å². The molecule has 16 heavy (non-hydrogen) atoms. The quantitative estimate of drug-likeness (QED) is 0.343. The van der Waals surface area contributed by atoms with Crippen molar-refractivity contribution in [3.05, 3.63) is 35.8 Å². The van der Waals surface area contributed by atoms with Crippen LogP contribution in [0.5, 0.6) is 0 Å². The van der Waals surface area contributed by atoms with Crippen molar-refractivity contribution in [1.29, 1.82) is 0 Å². The van der Waals surface area contributed by atoms with E-state index in [0.717, 1.165) is 6.20 Å². The van der Waals surface area contributed by atoms with Crippen LogP contribution < -0.4 is 5.73 Å². The summed E-state index contributed by atoms with van der Waals surface area (Å²) < 4.78 is 39.8. The summed E-state index contributed by atoms with van der Waals surface area (Å²) in [7, 11) is 0. The molecule has 6 heteroatoms. The zero-order chi connectivity index (χ0) is 12.8. The molecular weight excluding hydrogens is 223 g/mol. The largest absolute Gasteiger partial charge is 0.484 e. The smallest absolute Gasteiger partial charge is 0.422 e. The zero-order valence-electron chi connectivity index (χ0n) is 8.67. The van der Waals surface area contributed by atoms with E-state index >= 15 is 0 Å². The van der Waals surface area contributed by atoms with Crippen LogP contribution in [0.2, 0.25) is 0 Å². The van der Waals surface area contributed by atoms with Gasteiger partial charge in [0.25, 0.3) is 0 Å². The van der Waals surface area contributed by atoms with Gasteiger partial charge in [-0.25, -0.2) is 0 Å². The normalized spacial score (nSPS) is 13.5. The molecule has 0 radical (unpaired) electrons. The molecule has 90 valence electrons. The molecule has 0 unspecified atom stereocenters. The highest BCUT2D eigenvalue weighted by Crippen LogP contribution is 2.18. The number of carbonyl (C=O) groups excluding carboxylic acids is 1. The van der Waals surface area contributed by atoms with Gasteiger partial charge in [0.2, 0.25) is 0 Å². The van der Waals surface area contributed by atoms with Gasteiger partial charge in [-0.15, -0.1) is 0 Å². The van der Waals surface area contributed by atoms with Crippen molar-refractivity contribution in [2.45, 2.75) is 13.1 Å². The Morgan fingerprint density at radius 3 is 2.44 bits per heavy atom. The van der Waals surface area contributed by atoms with E-state index < -0.39 is 12.8 Å². The third kappa shape index (κ3) is 5.90. The van der Waals surface area contributed by atoms with Crippen molar-refractivity contribution in [2.75, 3.05) is 6.61 Å². The van der Waals surface area contributed by atoms with Crippen molar-refractivity contribution < 1.29 is 22.7 Å². The average molecular weight is 235 g/mol. The molecule has 0 aliphatic heterocycles. The van der Waals surface area contributed by atoms with Gasteiger partial charge in [-0.1, -0.05) is 6.58 Å². The van der Waals surface area contributed by atoms with Crippen LogP contribution in [-0.2, 0) is 9.53 Å². The van der Waals surface area contributed by atoms with Gasteiger partial charge in [-0.2, -0.15) is 13.2 Å². The number of rotatable bonds is 5. The summed E-state index contributed by atoms with van der Waals surface area (Å²) >= 11 is 0. The summed E-state index contributed by atoms with van der Waals surface area (Å²) in [5.41, 5.74) is 5.52. The van der Waals surface area contributed by atoms with E-state index in [1.54, 1.807) is 0 Å². The number of aldehydes is 1. The van der Waals surface area contributed by atoms with Crippen molar-refractivity contribution in [3.8, 4) is 0 Å². The highest BCUT2D eigenvalue weighted by Gasteiger charge is 2.28. The van der Waals surface area contributed by atoms with E-state index in [4.69, 9.17) is 5.73 Å². The highest BCUT2D eigenvalue weighted by molar-refractivity contribution is 5.77. The molecule has 0 saturated heterocycles. The minimum Gasteiger partial charge on any atom is -0.484 e. The topological polar surface area (TPSA) is 52.3 Å². The number of hydrogen-bond donors (Lipinski definition) is 1. The van der Waals surface area contributed by atoms with Gasteiger partial charge < -0.3 is 10.5 Å². The third-order valence-electron chi connectivity index (χ3n) is 1.56. The third-order valence-corrected chi connectivity index (χ3v) is 1.56. The van der Waals surface area contributed by atoms with Crippen LogP contribution >= 0.6 is 0 Å². The van der Waals surface area contributed by atoms with Crippen LogP contribution in [0.3, 0.4) is 0 Å². The maximum atomic E-state index is 11.8. The number of ether oxygens (including phenoxy) is 1. The SMILES string of the molecule is C=C(OCC(F)(F)F)/C(C)=C\C(C=O)=C/N. The Kier molecular flexibility index (Phi) is 5.35. The molecule has 0 spiro atoms. The molecule has 0 saturated carbocycles. The van der Waals surface area contributed by atoms with Crippen molar-refractivity contribution >= 4 is 6.29 Å². The summed E-state index contributed by atoms with van der Waals surface area (Å²) in [5, 5.41) is 0. The first kappa shape index (κ1) is 14.3. The van der Waals surface area contributed by atoms with Gasteiger partial charge in [-0.05, 0) is 18.6 Å². The Labute approximate surface area is 91.1 Å². The molecule has 0 fully saturated rings. The first-order valence-electron chi connectivity index (χ1n) is 4.24. The second-order valence-corrected chi connectivity index (χ2v) is 2.94. The summed E-state index contributed by atoms with van der Waals surface area (Å²) in [6, 6.07) is 0. The molecule has 0 rings (SSSR count). The molecule has 0 aromatic rings. The number of alkyl halides is 3. The van der Waals surface area contributed by atoms with E-state index in [2.05, 4.69) is 11.3 Å². The monoisotopic (exact) mass is 235 g/mol. The van der Waals surface area contributed by atoms with Crippen molar-refractivity contribution in [2.24, 2.45) is 5.73 Å². The maximum Gasteiger partial charge on any atom is 0.422 e. The lowest BCUT2D eigenvalue weighted by atomic mass is 10.2. The van der Waals surface area contributed by atoms with Gasteiger partial charge in [0.15, 0.2) is 12.9 Å². The molecular formula is C10H12F3NO2. The molecule has 0 aliphatic carbocycles. The fraction of sp³-hybridized carbons (Fsp3) is 0.300. The Hall–Kier alpha value is -1.72. The average Bonchev–Trinajstić information content (AvgIpc) is 2.20.